The average Bonchev–Trinajstić information content (AvgIpc) is 2.39. The van der Waals surface area contributed by atoms with Gasteiger partial charge in [0.2, 0.25) is 0 Å². The van der Waals surface area contributed by atoms with Gasteiger partial charge in [0.1, 0.15) is 11.3 Å². The number of carbonyl (C=O) groups is 1. The molecule has 0 atom stereocenters. The molecule has 0 bridgehead atoms. The van der Waals surface area contributed by atoms with E-state index in [1.54, 1.807) is 24.3 Å². The van der Waals surface area contributed by atoms with E-state index in [2.05, 4.69) is 10.2 Å². The van der Waals surface area contributed by atoms with Gasteiger partial charge in [0, 0.05) is 0 Å². The van der Waals surface area contributed by atoms with Crippen LogP contribution in [0.15, 0.2) is 36.5 Å². The van der Waals surface area contributed by atoms with Crippen LogP contribution in [0, 0.1) is 0 Å². The molecular formula is C12H10N2O4. The molecule has 0 radical (unpaired) electrons. The molecule has 0 fully saturated rings. The van der Waals surface area contributed by atoms with Crippen molar-refractivity contribution in [1.82, 2.24) is 10.2 Å². The summed E-state index contributed by atoms with van der Waals surface area (Å²) in [6, 6.07) is 7.96. The first kappa shape index (κ1) is 12.0. The van der Waals surface area contributed by atoms with E-state index in [0.29, 0.717) is 11.3 Å². The van der Waals surface area contributed by atoms with Crippen molar-refractivity contribution >= 4 is 5.97 Å². The molecule has 1 aromatic heterocycles. The van der Waals surface area contributed by atoms with Gasteiger partial charge >= 0.3 is 5.97 Å². The highest BCUT2D eigenvalue weighted by Crippen LogP contribution is 2.23. The van der Waals surface area contributed by atoms with Gasteiger partial charge in [0.15, 0.2) is 0 Å². The summed E-state index contributed by atoms with van der Waals surface area (Å²) in [7, 11) is 0. The number of aromatic nitrogens is 2. The van der Waals surface area contributed by atoms with Gasteiger partial charge in [-0.05, 0) is 23.8 Å². The van der Waals surface area contributed by atoms with Crippen molar-refractivity contribution in [3.63, 3.8) is 0 Å². The smallest absolute Gasteiger partial charge is 0.341 e. The Bertz CT molecular complexity index is 572. The third kappa shape index (κ3) is 2.61. The fourth-order valence-electron chi connectivity index (χ4n) is 1.38. The maximum atomic E-state index is 10.9. The first-order chi connectivity index (χ1) is 8.70. The van der Waals surface area contributed by atoms with Crippen LogP contribution in [-0.2, 0) is 6.61 Å². The molecule has 6 nitrogen and oxygen atoms in total. The minimum atomic E-state index is -1.14. The van der Waals surface area contributed by atoms with Crippen LogP contribution in [0.4, 0.5) is 0 Å². The minimum Gasteiger partial charge on any atom is -0.477 e. The summed E-state index contributed by atoms with van der Waals surface area (Å²) in [6.07, 6.45) is 1.28. The summed E-state index contributed by atoms with van der Waals surface area (Å²) in [5.74, 6) is -0.831. The zero-order chi connectivity index (χ0) is 13.0. The number of nitrogens with zero attached hydrogens (tertiary/aromatic N) is 2. The topological polar surface area (TPSA) is 92.5 Å². The van der Waals surface area contributed by atoms with Gasteiger partial charge in [-0.15, -0.1) is 5.10 Å². The number of hydrogen-bond acceptors (Lipinski definition) is 5. The Hall–Kier alpha value is -2.47. The summed E-state index contributed by atoms with van der Waals surface area (Å²) < 4.78 is 5.35. The van der Waals surface area contributed by atoms with Crippen molar-refractivity contribution in [3.8, 4) is 11.6 Å². The van der Waals surface area contributed by atoms with Gasteiger partial charge in [-0.2, -0.15) is 5.10 Å². The number of rotatable bonds is 4. The monoisotopic (exact) mass is 246 g/mol. The molecule has 6 heteroatoms. The largest absolute Gasteiger partial charge is 0.477 e. The summed E-state index contributed by atoms with van der Waals surface area (Å²) in [6.45, 7) is -0.122. The molecular weight excluding hydrogens is 236 g/mol. The Labute approximate surface area is 102 Å². The van der Waals surface area contributed by atoms with Crippen LogP contribution in [0.2, 0.25) is 0 Å². The molecule has 2 rings (SSSR count). The molecule has 0 saturated carbocycles. The highest BCUT2D eigenvalue weighted by Gasteiger charge is 2.13. The van der Waals surface area contributed by atoms with Crippen molar-refractivity contribution in [1.29, 1.82) is 0 Å². The minimum absolute atomic E-state index is 0.0700. The Morgan fingerprint density at radius 3 is 2.89 bits per heavy atom. The number of ether oxygens (including phenoxy) is 1. The van der Waals surface area contributed by atoms with Crippen molar-refractivity contribution in [2.45, 2.75) is 6.61 Å². The second kappa shape index (κ2) is 5.24. The summed E-state index contributed by atoms with van der Waals surface area (Å²) in [5, 5.41) is 25.2. The van der Waals surface area contributed by atoms with Gasteiger partial charge in [0.25, 0.3) is 5.88 Å². The van der Waals surface area contributed by atoms with E-state index in [1.165, 1.54) is 12.3 Å². The van der Waals surface area contributed by atoms with Gasteiger partial charge in [-0.3, -0.25) is 0 Å². The lowest BCUT2D eigenvalue weighted by molar-refractivity contribution is 0.0693. The van der Waals surface area contributed by atoms with Crippen LogP contribution in [-0.4, -0.2) is 26.4 Å². The van der Waals surface area contributed by atoms with Crippen molar-refractivity contribution in [3.05, 3.63) is 47.7 Å². The van der Waals surface area contributed by atoms with Crippen LogP contribution in [0.1, 0.15) is 15.9 Å². The average molecular weight is 246 g/mol. The first-order valence-corrected chi connectivity index (χ1v) is 5.13. The fraction of sp³-hybridized carbons (Fsp3) is 0.0833. The Balaban J connectivity index is 2.31. The molecule has 18 heavy (non-hydrogen) atoms. The zero-order valence-electron chi connectivity index (χ0n) is 9.28. The number of aliphatic hydroxyl groups is 1. The number of aliphatic hydroxyl groups excluding tert-OH is 1. The molecule has 2 aromatic rings. The van der Waals surface area contributed by atoms with E-state index in [0.717, 1.165) is 0 Å². The highest BCUT2D eigenvalue weighted by atomic mass is 16.5. The summed E-state index contributed by atoms with van der Waals surface area (Å²) in [5.41, 5.74) is 0.590. The Morgan fingerprint density at radius 2 is 2.17 bits per heavy atom. The highest BCUT2D eigenvalue weighted by molar-refractivity contribution is 5.90. The molecule has 0 amide bonds. The Kier molecular flexibility index (Phi) is 3.49. The second-order valence-corrected chi connectivity index (χ2v) is 3.46. The lowest BCUT2D eigenvalue weighted by Gasteiger charge is -2.07. The van der Waals surface area contributed by atoms with E-state index < -0.39 is 5.97 Å². The summed E-state index contributed by atoms with van der Waals surface area (Å²) in [4.78, 5) is 10.9. The molecule has 92 valence electrons. The maximum Gasteiger partial charge on any atom is 0.341 e. The molecule has 0 aliphatic rings. The van der Waals surface area contributed by atoms with Crippen LogP contribution in [0.5, 0.6) is 11.6 Å². The molecule has 1 aromatic carbocycles. The van der Waals surface area contributed by atoms with E-state index >= 15 is 0 Å². The molecule has 0 spiro atoms. The quantitative estimate of drug-likeness (QED) is 0.848. The predicted molar refractivity (Wildman–Crippen MR) is 61.4 cm³/mol. The van der Waals surface area contributed by atoms with Crippen LogP contribution < -0.4 is 4.74 Å². The van der Waals surface area contributed by atoms with Crippen molar-refractivity contribution in [2.75, 3.05) is 0 Å². The summed E-state index contributed by atoms with van der Waals surface area (Å²) >= 11 is 0. The first-order valence-electron chi connectivity index (χ1n) is 5.13. The van der Waals surface area contributed by atoms with Gasteiger partial charge < -0.3 is 14.9 Å². The molecule has 0 saturated heterocycles. The number of carboxylic acid groups (broad SMARTS) is 1. The van der Waals surface area contributed by atoms with E-state index in [4.69, 9.17) is 14.9 Å². The van der Waals surface area contributed by atoms with Crippen LogP contribution in [0.25, 0.3) is 0 Å². The third-order valence-corrected chi connectivity index (χ3v) is 2.21. The molecule has 1 heterocycles. The van der Waals surface area contributed by atoms with Gasteiger partial charge in [0.05, 0.1) is 12.8 Å². The SMILES string of the molecule is O=C(O)c1ccnnc1Oc1cccc(CO)c1. The van der Waals surface area contributed by atoms with E-state index in [1.807, 2.05) is 0 Å². The zero-order valence-corrected chi connectivity index (χ0v) is 9.28. The van der Waals surface area contributed by atoms with Crippen LogP contribution in [0.3, 0.4) is 0 Å². The number of hydrogen-bond donors (Lipinski definition) is 2. The van der Waals surface area contributed by atoms with E-state index in [-0.39, 0.29) is 18.1 Å². The second-order valence-electron chi connectivity index (χ2n) is 3.46. The predicted octanol–water partition coefficient (Wildman–Crippen LogP) is 1.46. The lowest BCUT2D eigenvalue weighted by Crippen LogP contribution is -2.03. The number of benzene rings is 1. The van der Waals surface area contributed by atoms with Gasteiger partial charge in [-0.25, -0.2) is 4.79 Å². The Morgan fingerprint density at radius 1 is 1.33 bits per heavy atom. The normalized spacial score (nSPS) is 10.1. The molecule has 0 aliphatic carbocycles. The number of carboxylic acids is 1. The maximum absolute atomic E-state index is 10.9. The fourth-order valence-corrected chi connectivity index (χ4v) is 1.38. The lowest BCUT2D eigenvalue weighted by atomic mass is 10.2. The van der Waals surface area contributed by atoms with E-state index in [9.17, 15) is 4.79 Å². The standard InChI is InChI=1S/C12H10N2O4/c15-7-8-2-1-3-9(6-8)18-11-10(12(16)17)4-5-13-14-11/h1-6,15H,7H2,(H,16,17). The van der Waals surface area contributed by atoms with Crippen molar-refractivity contribution < 1.29 is 19.7 Å². The number of aromatic carboxylic acids is 1. The van der Waals surface area contributed by atoms with Crippen molar-refractivity contribution in [2.24, 2.45) is 0 Å². The van der Waals surface area contributed by atoms with Gasteiger partial charge in [-0.1, -0.05) is 12.1 Å². The molecule has 0 aliphatic heterocycles. The molecule has 0 unspecified atom stereocenters. The third-order valence-electron chi connectivity index (χ3n) is 2.21. The van der Waals surface area contributed by atoms with Crippen LogP contribution >= 0.6 is 0 Å². The molecule has 2 N–H and O–H groups in total.